The van der Waals surface area contributed by atoms with Gasteiger partial charge in [0.05, 0.1) is 0 Å². The number of likely N-dealkylation sites (N-methyl/N-ethyl adjacent to an activating group) is 1. The van der Waals surface area contributed by atoms with Gasteiger partial charge in [-0.05, 0) is 64.1 Å². The van der Waals surface area contributed by atoms with Crippen molar-refractivity contribution in [3.63, 3.8) is 0 Å². The third-order valence-corrected chi connectivity index (χ3v) is 5.55. The van der Waals surface area contributed by atoms with Gasteiger partial charge in [-0.3, -0.25) is 4.79 Å². The molecule has 2 aliphatic rings. The lowest BCUT2D eigenvalue weighted by Crippen LogP contribution is -2.52. The lowest BCUT2D eigenvalue weighted by atomic mass is 9.77. The molecule has 1 aliphatic carbocycles. The minimum absolute atomic E-state index is 0.647. The van der Waals surface area contributed by atoms with Gasteiger partial charge in [0.2, 0.25) is 0 Å². The normalized spacial score (nSPS) is 25.7. The monoisotopic (exact) mass is 282 g/mol. The average Bonchev–Trinajstić information content (AvgIpc) is 2.87. The zero-order chi connectivity index (χ0) is 14.6. The summed E-state index contributed by atoms with van der Waals surface area (Å²) < 4.78 is 0. The average molecular weight is 282 g/mol. The molecule has 2 rings (SSSR count). The molecule has 0 radical (unpaired) electrons. The van der Waals surface area contributed by atoms with Gasteiger partial charge in [-0.25, -0.2) is 0 Å². The Morgan fingerprint density at radius 3 is 2.35 bits per heavy atom. The molecule has 2 fully saturated rings. The molecule has 0 aromatic carbocycles. The smallest absolute Gasteiger partial charge is 0.323 e. The molecule has 0 amide bonds. The molecule has 1 heterocycles. The summed E-state index contributed by atoms with van der Waals surface area (Å²) in [5.41, 5.74) is -0.133. The first kappa shape index (κ1) is 15.8. The Labute approximate surface area is 122 Å². The standard InChI is InChI=1S/C16H30N2O2/c1-3-17-15(2,14(19)20)8-11-18-12-9-16(10-13-18)6-4-5-7-16/h17H,3-13H2,1-2H3,(H,19,20). The van der Waals surface area contributed by atoms with E-state index in [9.17, 15) is 9.90 Å². The highest BCUT2D eigenvalue weighted by atomic mass is 16.4. The summed E-state index contributed by atoms with van der Waals surface area (Å²) in [6, 6.07) is 0. The Hall–Kier alpha value is -0.610. The van der Waals surface area contributed by atoms with Crippen LogP contribution in [0.2, 0.25) is 0 Å². The van der Waals surface area contributed by atoms with Gasteiger partial charge in [0, 0.05) is 6.54 Å². The van der Waals surface area contributed by atoms with Gasteiger partial charge in [-0.15, -0.1) is 0 Å². The molecule has 1 saturated heterocycles. The van der Waals surface area contributed by atoms with Gasteiger partial charge in [0.1, 0.15) is 5.54 Å². The Morgan fingerprint density at radius 2 is 1.85 bits per heavy atom. The highest BCUT2D eigenvalue weighted by Gasteiger charge is 2.38. The van der Waals surface area contributed by atoms with Crippen molar-refractivity contribution in [2.45, 2.75) is 64.3 Å². The number of carbonyl (C=O) groups is 1. The SMILES string of the molecule is CCNC(C)(CCN1CCC2(CCCC2)CC1)C(=O)O. The Bertz CT molecular complexity index is 329. The number of nitrogens with one attached hydrogen (secondary N) is 1. The molecule has 0 aromatic rings. The summed E-state index contributed by atoms with van der Waals surface area (Å²) in [5.74, 6) is -0.733. The van der Waals surface area contributed by atoms with Crippen molar-refractivity contribution in [1.29, 1.82) is 0 Å². The van der Waals surface area contributed by atoms with Crippen LogP contribution >= 0.6 is 0 Å². The molecule has 1 unspecified atom stereocenters. The van der Waals surface area contributed by atoms with Gasteiger partial charge >= 0.3 is 5.97 Å². The second-order valence-electron chi connectivity index (χ2n) is 6.97. The maximum atomic E-state index is 11.4. The van der Waals surface area contributed by atoms with Crippen LogP contribution in [0, 0.1) is 5.41 Å². The van der Waals surface area contributed by atoms with Gasteiger partial charge < -0.3 is 15.3 Å². The summed E-state index contributed by atoms with van der Waals surface area (Å²) in [5, 5.41) is 12.5. The first-order chi connectivity index (χ1) is 9.50. The first-order valence-corrected chi connectivity index (χ1v) is 8.20. The molecule has 1 spiro atoms. The van der Waals surface area contributed by atoms with E-state index in [0.717, 1.165) is 19.6 Å². The fraction of sp³-hybridized carbons (Fsp3) is 0.938. The quantitative estimate of drug-likeness (QED) is 0.786. The molecule has 2 N–H and O–H groups in total. The summed E-state index contributed by atoms with van der Waals surface area (Å²) in [4.78, 5) is 13.9. The summed E-state index contributed by atoms with van der Waals surface area (Å²) in [6.45, 7) is 7.68. The van der Waals surface area contributed by atoms with Crippen molar-refractivity contribution >= 4 is 5.97 Å². The number of likely N-dealkylation sites (tertiary alicyclic amines) is 1. The summed E-state index contributed by atoms with van der Waals surface area (Å²) >= 11 is 0. The van der Waals surface area contributed by atoms with Crippen molar-refractivity contribution in [3.05, 3.63) is 0 Å². The Balaban J connectivity index is 1.79. The van der Waals surface area contributed by atoms with E-state index in [-0.39, 0.29) is 0 Å². The van der Waals surface area contributed by atoms with E-state index in [1.54, 1.807) is 6.92 Å². The van der Waals surface area contributed by atoms with E-state index in [4.69, 9.17) is 0 Å². The highest BCUT2D eigenvalue weighted by Crippen LogP contribution is 2.46. The van der Waals surface area contributed by atoms with Crippen LogP contribution in [0.5, 0.6) is 0 Å². The lowest BCUT2D eigenvalue weighted by molar-refractivity contribution is -0.144. The zero-order valence-corrected chi connectivity index (χ0v) is 13.1. The minimum atomic E-state index is -0.781. The Morgan fingerprint density at radius 1 is 1.25 bits per heavy atom. The van der Waals surface area contributed by atoms with Crippen LogP contribution in [0.3, 0.4) is 0 Å². The van der Waals surface area contributed by atoms with Crippen molar-refractivity contribution in [3.8, 4) is 0 Å². The van der Waals surface area contributed by atoms with Gasteiger partial charge in [0.15, 0.2) is 0 Å². The van der Waals surface area contributed by atoms with Crippen molar-refractivity contribution < 1.29 is 9.90 Å². The summed E-state index contributed by atoms with van der Waals surface area (Å²) in [6.07, 6.45) is 8.99. The molecule has 116 valence electrons. The maximum Gasteiger partial charge on any atom is 0.323 e. The minimum Gasteiger partial charge on any atom is -0.480 e. The molecular weight excluding hydrogens is 252 g/mol. The van der Waals surface area contributed by atoms with Gasteiger partial charge in [-0.2, -0.15) is 0 Å². The van der Waals surface area contributed by atoms with E-state index in [1.807, 2.05) is 6.92 Å². The molecular formula is C16H30N2O2. The predicted octanol–water partition coefficient (Wildman–Crippen LogP) is 2.49. The van der Waals surface area contributed by atoms with Crippen LogP contribution in [0.1, 0.15) is 58.8 Å². The second kappa shape index (κ2) is 6.44. The van der Waals surface area contributed by atoms with Gasteiger partial charge in [-0.1, -0.05) is 19.8 Å². The highest BCUT2D eigenvalue weighted by molar-refractivity contribution is 5.78. The van der Waals surface area contributed by atoms with Crippen LogP contribution in [0.4, 0.5) is 0 Å². The largest absolute Gasteiger partial charge is 0.480 e. The third kappa shape index (κ3) is 3.53. The molecule has 1 atom stereocenters. The molecule has 1 aliphatic heterocycles. The van der Waals surface area contributed by atoms with Crippen LogP contribution in [0.15, 0.2) is 0 Å². The molecule has 4 heteroatoms. The fourth-order valence-corrected chi connectivity index (χ4v) is 3.92. The van der Waals surface area contributed by atoms with E-state index in [2.05, 4.69) is 10.2 Å². The van der Waals surface area contributed by atoms with E-state index < -0.39 is 11.5 Å². The van der Waals surface area contributed by atoms with Crippen molar-refractivity contribution in [1.82, 2.24) is 10.2 Å². The number of aliphatic carboxylic acids is 1. The summed E-state index contributed by atoms with van der Waals surface area (Å²) in [7, 11) is 0. The number of piperidine rings is 1. The van der Waals surface area contributed by atoms with Crippen LogP contribution < -0.4 is 5.32 Å². The number of hydrogen-bond acceptors (Lipinski definition) is 3. The number of rotatable bonds is 6. The van der Waals surface area contributed by atoms with Gasteiger partial charge in [0.25, 0.3) is 0 Å². The molecule has 4 nitrogen and oxygen atoms in total. The second-order valence-corrected chi connectivity index (χ2v) is 6.97. The number of carboxylic acids is 1. The van der Waals surface area contributed by atoms with Crippen LogP contribution in [0.25, 0.3) is 0 Å². The number of carboxylic acid groups (broad SMARTS) is 1. The topological polar surface area (TPSA) is 52.6 Å². The van der Waals surface area contributed by atoms with Crippen LogP contribution in [-0.2, 0) is 4.79 Å². The van der Waals surface area contributed by atoms with Crippen LogP contribution in [-0.4, -0.2) is 47.7 Å². The van der Waals surface area contributed by atoms with Crippen molar-refractivity contribution in [2.24, 2.45) is 5.41 Å². The Kier molecular flexibility index (Phi) is 5.08. The maximum absolute atomic E-state index is 11.4. The zero-order valence-electron chi connectivity index (χ0n) is 13.1. The van der Waals surface area contributed by atoms with Crippen molar-refractivity contribution in [2.75, 3.05) is 26.2 Å². The fourth-order valence-electron chi connectivity index (χ4n) is 3.92. The number of hydrogen-bond donors (Lipinski definition) is 2. The predicted molar refractivity (Wildman–Crippen MR) is 80.9 cm³/mol. The molecule has 1 saturated carbocycles. The van der Waals surface area contributed by atoms with E-state index in [0.29, 0.717) is 18.4 Å². The molecule has 20 heavy (non-hydrogen) atoms. The van der Waals surface area contributed by atoms with E-state index >= 15 is 0 Å². The first-order valence-electron chi connectivity index (χ1n) is 8.20. The number of nitrogens with zero attached hydrogens (tertiary/aromatic N) is 1. The van der Waals surface area contributed by atoms with E-state index in [1.165, 1.54) is 38.5 Å². The molecule has 0 bridgehead atoms. The molecule has 0 aromatic heterocycles. The third-order valence-electron chi connectivity index (χ3n) is 5.55. The lowest BCUT2D eigenvalue weighted by Gasteiger charge is -2.40.